The van der Waals surface area contributed by atoms with Crippen molar-refractivity contribution in [2.24, 2.45) is 0 Å². The quantitative estimate of drug-likeness (QED) is 0.724. The number of nitrogens with zero attached hydrogens (tertiary/aromatic N) is 3. The number of hydrogen-bond acceptors (Lipinski definition) is 4. The Hall–Kier alpha value is -1.34. The molecule has 2 aliphatic heterocycles. The molecule has 1 unspecified atom stereocenters. The number of hydrogen-bond donors (Lipinski definition) is 2. The van der Waals surface area contributed by atoms with Crippen molar-refractivity contribution in [3.63, 3.8) is 0 Å². The fourth-order valence-corrected chi connectivity index (χ4v) is 3.00. The number of aliphatic hydroxyl groups is 1. The SMILES string of the molecule is CCC1CN(C(=O)N2C[C@@H](O)C[C@H]2C(=O)O)CCN1C. The lowest BCUT2D eigenvalue weighted by atomic mass is 10.1. The number of carboxylic acid groups (broad SMARTS) is 1. The van der Waals surface area contributed by atoms with Crippen molar-refractivity contribution in [2.45, 2.75) is 38.0 Å². The van der Waals surface area contributed by atoms with E-state index in [1.807, 2.05) is 7.05 Å². The molecule has 114 valence electrons. The highest BCUT2D eigenvalue weighted by Crippen LogP contribution is 2.21. The molecule has 0 aromatic heterocycles. The molecule has 2 fully saturated rings. The Bertz CT molecular complexity index is 390. The third kappa shape index (κ3) is 2.88. The van der Waals surface area contributed by atoms with Crippen molar-refractivity contribution in [1.29, 1.82) is 0 Å². The summed E-state index contributed by atoms with van der Waals surface area (Å²) in [4.78, 5) is 28.9. The number of amides is 2. The number of β-amino-alcohol motifs (C(OH)–C–C–N with tert-alkyl or cyclic N) is 1. The predicted molar refractivity (Wildman–Crippen MR) is 72.4 cm³/mol. The van der Waals surface area contributed by atoms with Gasteiger partial charge in [0.15, 0.2) is 0 Å². The smallest absolute Gasteiger partial charge is 0.326 e. The van der Waals surface area contributed by atoms with E-state index in [1.165, 1.54) is 4.90 Å². The summed E-state index contributed by atoms with van der Waals surface area (Å²) in [6.07, 6.45) is 0.326. The summed E-state index contributed by atoms with van der Waals surface area (Å²) in [7, 11) is 2.04. The van der Waals surface area contributed by atoms with Crippen LogP contribution in [0.2, 0.25) is 0 Å². The summed E-state index contributed by atoms with van der Waals surface area (Å²) in [6, 6.07) is -0.860. The Morgan fingerprint density at radius 2 is 1.95 bits per heavy atom. The first-order chi connectivity index (χ1) is 9.43. The standard InChI is InChI=1S/C13H23N3O4/c1-3-9-7-15(5-4-14(9)2)13(20)16-8-10(17)6-11(16)12(18)19/h9-11,17H,3-8H2,1-2H3,(H,18,19)/t9?,10-,11-/m0/s1. The Kier molecular flexibility index (Phi) is 4.49. The van der Waals surface area contributed by atoms with Crippen molar-refractivity contribution >= 4 is 12.0 Å². The molecule has 2 rings (SSSR count). The summed E-state index contributed by atoms with van der Waals surface area (Å²) in [6.45, 7) is 4.20. The van der Waals surface area contributed by atoms with E-state index in [1.54, 1.807) is 4.90 Å². The lowest BCUT2D eigenvalue weighted by Crippen LogP contribution is -2.57. The second-order valence-corrected chi connectivity index (χ2v) is 5.67. The van der Waals surface area contributed by atoms with E-state index in [0.717, 1.165) is 13.0 Å². The number of rotatable bonds is 2. The largest absolute Gasteiger partial charge is 0.480 e. The maximum absolute atomic E-state index is 12.5. The molecule has 7 heteroatoms. The average molecular weight is 285 g/mol. The van der Waals surface area contributed by atoms with Crippen LogP contribution >= 0.6 is 0 Å². The molecule has 0 aliphatic carbocycles. The van der Waals surface area contributed by atoms with Crippen LogP contribution in [0.5, 0.6) is 0 Å². The Morgan fingerprint density at radius 1 is 1.25 bits per heavy atom. The molecule has 0 radical (unpaired) electrons. The first-order valence-electron chi connectivity index (χ1n) is 7.10. The molecule has 0 saturated carbocycles. The van der Waals surface area contributed by atoms with Crippen LogP contribution in [0.25, 0.3) is 0 Å². The van der Waals surface area contributed by atoms with Crippen LogP contribution in [0.1, 0.15) is 19.8 Å². The van der Waals surface area contributed by atoms with Crippen molar-refractivity contribution < 1.29 is 19.8 Å². The summed E-state index contributed by atoms with van der Waals surface area (Å²) in [5.74, 6) is -1.05. The molecule has 7 nitrogen and oxygen atoms in total. The van der Waals surface area contributed by atoms with Gasteiger partial charge in [-0.15, -0.1) is 0 Å². The van der Waals surface area contributed by atoms with Crippen molar-refractivity contribution in [2.75, 3.05) is 33.2 Å². The maximum Gasteiger partial charge on any atom is 0.326 e. The van der Waals surface area contributed by atoms with Crippen LogP contribution in [0.3, 0.4) is 0 Å². The normalized spacial score (nSPS) is 31.6. The monoisotopic (exact) mass is 285 g/mol. The highest BCUT2D eigenvalue weighted by atomic mass is 16.4. The molecule has 2 heterocycles. The summed E-state index contributed by atoms with van der Waals surface area (Å²) >= 11 is 0. The number of likely N-dealkylation sites (tertiary alicyclic amines) is 1. The van der Waals surface area contributed by atoms with Crippen LogP contribution in [-0.4, -0.2) is 88.3 Å². The fraction of sp³-hybridized carbons (Fsp3) is 0.846. The minimum absolute atomic E-state index is 0.110. The van der Waals surface area contributed by atoms with E-state index in [4.69, 9.17) is 5.11 Å². The molecule has 0 aromatic carbocycles. The van der Waals surface area contributed by atoms with Gasteiger partial charge in [-0.25, -0.2) is 9.59 Å². The van der Waals surface area contributed by atoms with Gasteiger partial charge in [-0.05, 0) is 13.5 Å². The number of likely N-dealkylation sites (N-methyl/N-ethyl adjacent to an activating group) is 1. The van der Waals surface area contributed by atoms with E-state index >= 15 is 0 Å². The highest BCUT2D eigenvalue weighted by molar-refractivity contribution is 5.83. The van der Waals surface area contributed by atoms with E-state index in [9.17, 15) is 14.7 Å². The first-order valence-corrected chi connectivity index (χ1v) is 7.10. The van der Waals surface area contributed by atoms with Crippen LogP contribution in [0, 0.1) is 0 Å². The molecule has 20 heavy (non-hydrogen) atoms. The van der Waals surface area contributed by atoms with Gasteiger partial charge in [0.25, 0.3) is 0 Å². The first kappa shape index (κ1) is 15.1. The minimum Gasteiger partial charge on any atom is -0.480 e. The number of urea groups is 1. The lowest BCUT2D eigenvalue weighted by Gasteiger charge is -2.41. The molecule has 0 spiro atoms. The highest BCUT2D eigenvalue weighted by Gasteiger charge is 2.41. The molecule has 2 saturated heterocycles. The summed E-state index contributed by atoms with van der Waals surface area (Å²) in [5.41, 5.74) is 0. The third-order valence-corrected chi connectivity index (χ3v) is 4.33. The van der Waals surface area contributed by atoms with Gasteiger partial charge in [0.2, 0.25) is 0 Å². The Balaban J connectivity index is 2.05. The van der Waals surface area contributed by atoms with E-state index in [0.29, 0.717) is 19.1 Å². The zero-order chi connectivity index (χ0) is 14.9. The van der Waals surface area contributed by atoms with Crippen LogP contribution in [-0.2, 0) is 4.79 Å². The Labute approximate surface area is 118 Å². The van der Waals surface area contributed by atoms with Gasteiger partial charge >= 0.3 is 12.0 Å². The molecule has 2 aliphatic rings. The number of carboxylic acids is 1. The fourth-order valence-electron chi connectivity index (χ4n) is 3.00. The van der Waals surface area contributed by atoms with Crippen molar-refractivity contribution in [1.82, 2.24) is 14.7 Å². The minimum atomic E-state index is -1.05. The van der Waals surface area contributed by atoms with Gasteiger partial charge in [-0.1, -0.05) is 6.92 Å². The van der Waals surface area contributed by atoms with E-state index in [2.05, 4.69) is 11.8 Å². The van der Waals surface area contributed by atoms with Gasteiger partial charge in [-0.2, -0.15) is 0 Å². The van der Waals surface area contributed by atoms with Gasteiger partial charge < -0.3 is 20.0 Å². The number of carbonyl (C=O) groups is 2. The number of piperazine rings is 1. The summed E-state index contributed by atoms with van der Waals surface area (Å²) < 4.78 is 0. The van der Waals surface area contributed by atoms with E-state index in [-0.39, 0.29) is 19.0 Å². The predicted octanol–water partition coefficient (Wildman–Crippen LogP) is -0.348. The molecule has 0 aromatic rings. The summed E-state index contributed by atoms with van der Waals surface area (Å²) in [5, 5.41) is 18.8. The third-order valence-electron chi connectivity index (χ3n) is 4.33. The molecule has 3 atom stereocenters. The van der Waals surface area contributed by atoms with Crippen LogP contribution in [0.4, 0.5) is 4.79 Å². The molecule has 0 bridgehead atoms. The second kappa shape index (κ2) is 5.97. The van der Waals surface area contributed by atoms with E-state index < -0.39 is 18.1 Å². The molecule has 2 N–H and O–H groups in total. The average Bonchev–Trinajstić information content (AvgIpc) is 2.81. The van der Waals surface area contributed by atoms with Gasteiger partial charge in [-0.3, -0.25) is 4.90 Å². The number of aliphatic hydroxyl groups excluding tert-OH is 1. The Morgan fingerprint density at radius 3 is 2.55 bits per heavy atom. The maximum atomic E-state index is 12.5. The van der Waals surface area contributed by atoms with Crippen molar-refractivity contribution in [3.8, 4) is 0 Å². The van der Waals surface area contributed by atoms with Crippen LogP contribution < -0.4 is 0 Å². The zero-order valence-corrected chi connectivity index (χ0v) is 12.0. The second-order valence-electron chi connectivity index (χ2n) is 5.67. The number of carbonyl (C=O) groups excluding carboxylic acids is 1. The zero-order valence-electron chi connectivity index (χ0n) is 12.0. The molecule has 2 amide bonds. The van der Waals surface area contributed by atoms with Crippen LogP contribution in [0.15, 0.2) is 0 Å². The topological polar surface area (TPSA) is 84.3 Å². The number of aliphatic carboxylic acids is 1. The van der Waals surface area contributed by atoms with Crippen molar-refractivity contribution in [3.05, 3.63) is 0 Å². The lowest BCUT2D eigenvalue weighted by molar-refractivity contribution is -0.141. The van der Waals surface area contributed by atoms with Gasteiger partial charge in [0.05, 0.1) is 6.10 Å². The van der Waals surface area contributed by atoms with Gasteiger partial charge in [0, 0.05) is 38.6 Å². The molecular weight excluding hydrogens is 262 g/mol. The molecular formula is C13H23N3O4. The van der Waals surface area contributed by atoms with Gasteiger partial charge in [0.1, 0.15) is 6.04 Å².